The van der Waals surface area contributed by atoms with Gasteiger partial charge in [-0.25, -0.2) is 4.99 Å². The fraction of sp³-hybridized carbons (Fsp3) is 0.278. The van der Waals surface area contributed by atoms with Gasteiger partial charge in [0.05, 0.1) is 0 Å². The molecule has 0 N–H and O–H groups in total. The van der Waals surface area contributed by atoms with Crippen LogP contribution in [0.2, 0.25) is 0 Å². The molecule has 4 nitrogen and oxygen atoms in total. The molecule has 0 amide bonds. The zero-order chi connectivity index (χ0) is 15.8. The lowest BCUT2D eigenvalue weighted by Crippen LogP contribution is -1.78. The van der Waals surface area contributed by atoms with E-state index in [4.69, 9.17) is 4.42 Å². The molecule has 1 aromatic heterocycles. The minimum absolute atomic E-state index is 0.271. The van der Waals surface area contributed by atoms with Gasteiger partial charge in [-0.05, 0) is 51.8 Å². The van der Waals surface area contributed by atoms with E-state index < -0.39 is 0 Å². The highest BCUT2D eigenvalue weighted by Crippen LogP contribution is 2.20. The van der Waals surface area contributed by atoms with Crippen LogP contribution in [0, 0.1) is 0 Å². The Bertz CT molecular complexity index is 677. The highest BCUT2D eigenvalue weighted by atomic mass is 16.4. The van der Waals surface area contributed by atoms with E-state index in [1.54, 1.807) is 6.21 Å². The van der Waals surface area contributed by atoms with Crippen LogP contribution in [0.3, 0.4) is 0 Å². The summed E-state index contributed by atoms with van der Waals surface area (Å²) in [5.74, 6) is 0.483. The van der Waals surface area contributed by atoms with Crippen LogP contribution >= 0.6 is 0 Å². The number of hydrogen-bond acceptors (Lipinski definition) is 4. The molecular weight excluding hydrogens is 274 g/mol. The average Bonchev–Trinajstić information content (AvgIpc) is 2.97. The zero-order valence-corrected chi connectivity index (χ0v) is 13.3. The fourth-order valence-corrected chi connectivity index (χ4v) is 1.87. The highest BCUT2D eigenvalue weighted by molar-refractivity contribution is 5.74. The van der Waals surface area contributed by atoms with E-state index in [0.717, 1.165) is 18.4 Å². The van der Waals surface area contributed by atoms with Gasteiger partial charge in [0.2, 0.25) is 5.89 Å². The molecular formula is C18H21N3O. The van der Waals surface area contributed by atoms with Gasteiger partial charge in [-0.1, -0.05) is 40.5 Å². The first-order chi connectivity index (χ1) is 10.6. The summed E-state index contributed by atoms with van der Waals surface area (Å²) < 4.78 is 5.51. The molecule has 0 fully saturated rings. The first-order valence-electron chi connectivity index (χ1n) is 7.37. The van der Waals surface area contributed by atoms with Crippen LogP contribution in [-0.4, -0.2) is 16.4 Å². The average molecular weight is 295 g/mol. The Hall–Kier alpha value is -2.49. The first kappa shape index (κ1) is 15.9. The van der Waals surface area contributed by atoms with Crippen LogP contribution in [-0.2, 0) is 0 Å². The Balaban J connectivity index is 1.94. The smallest absolute Gasteiger partial charge is 0.342 e. The molecule has 0 saturated heterocycles. The number of aromatic nitrogens is 2. The minimum atomic E-state index is 0.271. The lowest BCUT2D eigenvalue weighted by molar-refractivity contribution is 0.580. The van der Waals surface area contributed by atoms with Crippen molar-refractivity contribution in [2.45, 2.75) is 33.6 Å². The van der Waals surface area contributed by atoms with Crippen molar-refractivity contribution in [3.8, 4) is 11.5 Å². The maximum atomic E-state index is 5.51. The van der Waals surface area contributed by atoms with Crippen molar-refractivity contribution >= 4 is 12.2 Å². The second-order valence-corrected chi connectivity index (χ2v) is 5.37. The number of aliphatic imine (C=N–C) groups is 1. The predicted octanol–water partition coefficient (Wildman–Crippen LogP) is 5.13. The molecule has 22 heavy (non-hydrogen) atoms. The van der Waals surface area contributed by atoms with Crippen LogP contribution < -0.4 is 0 Å². The third-order valence-corrected chi connectivity index (χ3v) is 3.07. The molecule has 0 bridgehead atoms. The summed E-state index contributed by atoms with van der Waals surface area (Å²) in [6.45, 7) is 6.31. The van der Waals surface area contributed by atoms with Crippen molar-refractivity contribution in [2.24, 2.45) is 4.99 Å². The van der Waals surface area contributed by atoms with E-state index >= 15 is 0 Å². The van der Waals surface area contributed by atoms with Gasteiger partial charge < -0.3 is 4.42 Å². The molecule has 114 valence electrons. The number of rotatable bonds is 6. The minimum Gasteiger partial charge on any atom is -0.402 e. The van der Waals surface area contributed by atoms with Crippen LogP contribution in [0.15, 0.2) is 63.0 Å². The third kappa shape index (κ3) is 5.13. The van der Waals surface area contributed by atoms with Gasteiger partial charge in [0.1, 0.15) is 0 Å². The molecule has 0 aliphatic heterocycles. The van der Waals surface area contributed by atoms with Crippen LogP contribution in [0.5, 0.6) is 0 Å². The standard InChI is InChI=1S/C18H21N3O/c1-14(2)8-7-9-15(3)12-13-19-18-21-20-17(22-18)16-10-5-4-6-11-16/h4-6,8,10-13H,7,9H2,1-3H3/b15-12-,19-13?. The molecule has 2 aromatic rings. The normalized spacial score (nSPS) is 11.9. The molecule has 0 atom stereocenters. The largest absolute Gasteiger partial charge is 0.402 e. The molecule has 1 heterocycles. The number of hydrogen-bond donors (Lipinski definition) is 0. The van der Waals surface area contributed by atoms with Crippen LogP contribution in [0.1, 0.15) is 33.6 Å². The van der Waals surface area contributed by atoms with E-state index in [-0.39, 0.29) is 6.01 Å². The Labute approximate surface area is 131 Å². The van der Waals surface area contributed by atoms with E-state index in [0.29, 0.717) is 5.89 Å². The van der Waals surface area contributed by atoms with E-state index in [9.17, 15) is 0 Å². The quantitative estimate of drug-likeness (QED) is 0.548. The Morgan fingerprint density at radius 2 is 1.91 bits per heavy atom. The molecule has 0 radical (unpaired) electrons. The molecule has 2 rings (SSSR count). The van der Waals surface area contributed by atoms with Crippen molar-refractivity contribution in [3.05, 3.63) is 53.6 Å². The summed E-state index contributed by atoms with van der Waals surface area (Å²) in [5, 5.41) is 7.92. The van der Waals surface area contributed by atoms with Crippen molar-refractivity contribution in [1.82, 2.24) is 10.2 Å². The molecule has 0 saturated carbocycles. The van der Waals surface area contributed by atoms with E-state index in [1.165, 1.54) is 11.1 Å². The maximum Gasteiger partial charge on any atom is 0.342 e. The molecule has 0 spiro atoms. The lowest BCUT2D eigenvalue weighted by atomic mass is 10.1. The van der Waals surface area contributed by atoms with E-state index in [2.05, 4.69) is 42.0 Å². The molecule has 0 aliphatic rings. The van der Waals surface area contributed by atoms with Crippen molar-refractivity contribution in [2.75, 3.05) is 0 Å². The third-order valence-electron chi connectivity index (χ3n) is 3.07. The van der Waals surface area contributed by atoms with Crippen LogP contribution in [0.25, 0.3) is 11.5 Å². The monoisotopic (exact) mass is 295 g/mol. The number of nitrogens with zero attached hydrogens (tertiary/aromatic N) is 3. The summed E-state index contributed by atoms with van der Waals surface area (Å²) in [5.41, 5.74) is 3.51. The summed E-state index contributed by atoms with van der Waals surface area (Å²) in [6, 6.07) is 9.93. The zero-order valence-electron chi connectivity index (χ0n) is 13.3. The first-order valence-corrected chi connectivity index (χ1v) is 7.37. The van der Waals surface area contributed by atoms with Crippen molar-refractivity contribution in [3.63, 3.8) is 0 Å². The summed E-state index contributed by atoms with van der Waals surface area (Å²) in [4.78, 5) is 4.18. The van der Waals surface area contributed by atoms with E-state index in [1.807, 2.05) is 36.4 Å². The van der Waals surface area contributed by atoms with Gasteiger partial charge in [-0.15, -0.1) is 5.10 Å². The van der Waals surface area contributed by atoms with Gasteiger partial charge in [0.15, 0.2) is 0 Å². The Kier molecular flexibility index (Phi) is 5.83. The predicted molar refractivity (Wildman–Crippen MR) is 90.3 cm³/mol. The van der Waals surface area contributed by atoms with Gasteiger partial charge in [-0.2, -0.15) is 0 Å². The maximum absolute atomic E-state index is 5.51. The van der Waals surface area contributed by atoms with Crippen molar-refractivity contribution < 1.29 is 4.42 Å². The number of benzene rings is 1. The molecule has 0 aliphatic carbocycles. The molecule has 1 aromatic carbocycles. The van der Waals surface area contributed by atoms with Gasteiger partial charge in [0, 0.05) is 11.8 Å². The van der Waals surface area contributed by atoms with Gasteiger partial charge in [-0.3, -0.25) is 0 Å². The number of allylic oxidation sites excluding steroid dienone is 4. The van der Waals surface area contributed by atoms with Gasteiger partial charge >= 0.3 is 6.01 Å². The molecule has 4 heteroatoms. The topological polar surface area (TPSA) is 51.3 Å². The highest BCUT2D eigenvalue weighted by Gasteiger charge is 2.05. The summed E-state index contributed by atoms with van der Waals surface area (Å²) in [6.07, 6.45) is 8.00. The van der Waals surface area contributed by atoms with Gasteiger partial charge in [0.25, 0.3) is 0 Å². The molecule has 0 unspecified atom stereocenters. The Morgan fingerprint density at radius 1 is 1.14 bits per heavy atom. The second kappa shape index (κ2) is 8.08. The summed E-state index contributed by atoms with van der Waals surface area (Å²) >= 11 is 0. The van der Waals surface area contributed by atoms with Crippen LogP contribution in [0.4, 0.5) is 6.01 Å². The fourth-order valence-electron chi connectivity index (χ4n) is 1.87. The van der Waals surface area contributed by atoms with Crippen molar-refractivity contribution in [1.29, 1.82) is 0 Å². The second-order valence-electron chi connectivity index (χ2n) is 5.37. The summed E-state index contributed by atoms with van der Waals surface area (Å²) in [7, 11) is 0. The Morgan fingerprint density at radius 3 is 2.64 bits per heavy atom. The lowest BCUT2D eigenvalue weighted by Gasteiger charge is -1.95. The SMILES string of the molecule is CC(C)=CCC/C(C)=C\C=Nc1nnc(-c2ccccc2)o1.